The van der Waals surface area contributed by atoms with E-state index in [0.29, 0.717) is 21.8 Å². The third kappa shape index (κ3) is 3.80. The van der Waals surface area contributed by atoms with Gasteiger partial charge in [0.1, 0.15) is 17.5 Å². The predicted octanol–water partition coefficient (Wildman–Crippen LogP) is 3.53. The molecule has 0 spiro atoms. The average Bonchev–Trinajstić information content (AvgIpc) is 2.40. The van der Waals surface area contributed by atoms with Gasteiger partial charge in [-0.25, -0.2) is 4.39 Å². The summed E-state index contributed by atoms with van der Waals surface area (Å²) < 4.78 is 13.9. The molecule has 0 saturated carbocycles. The molecule has 0 atom stereocenters. The van der Waals surface area contributed by atoms with Gasteiger partial charge in [-0.1, -0.05) is 6.92 Å². The number of nitrogens with two attached hydrogens (primary N) is 1. The second-order valence-corrected chi connectivity index (χ2v) is 5.03. The van der Waals surface area contributed by atoms with Crippen LogP contribution >= 0.6 is 15.9 Å². The molecule has 2 aromatic rings. The van der Waals surface area contributed by atoms with Crippen LogP contribution in [0.2, 0.25) is 0 Å². The summed E-state index contributed by atoms with van der Waals surface area (Å²) in [4.78, 5) is 8.15. The number of hydrogen-bond donors (Lipinski definition) is 3. The molecule has 0 radical (unpaired) electrons. The SMILES string of the molecule is CCCNc1cc(Nc2ccc(Br)c(F)c2)nc(N)n1. The number of benzene rings is 1. The minimum absolute atomic E-state index is 0.159. The van der Waals surface area contributed by atoms with Gasteiger partial charge in [0, 0.05) is 18.3 Å². The highest BCUT2D eigenvalue weighted by Gasteiger charge is 2.05. The van der Waals surface area contributed by atoms with Crippen LogP contribution in [0.5, 0.6) is 0 Å². The van der Waals surface area contributed by atoms with E-state index in [2.05, 4.69) is 43.5 Å². The summed E-state index contributed by atoms with van der Waals surface area (Å²) in [6, 6.07) is 6.47. The second kappa shape index (κ2) is 6.51. The largest absolute Gasteiger partial charge is 0.370 e. The number of aromatic nitrogens is 2. The van der Waals surface area contributed by atoms with E-state index in [1.165, 1.54) is 6.07 Å². The first-order chi connectivity index (χ1) is 9.58. The molecule has 0 fully saturated rings. The maximum Gasteiger partial charge on any atom is 0.223 e. The molecule has 1 aromatic carbocycles. The molecular formula is C13H15BrFN5. The Balaban J connectivity index is 2.19. The minimum atomic E-state index is -0.346. The van der Waals surface area contributed by atoms with Crippen molar-refractivity contribution in [2.24, 2.45) is 0 Å². The Morgan fingerprint density at radius 2 is 2.00 bits per heavy atom. The summed E-state index contributed by atoms with van der Waals surface area (Å²) >= 11 is 3.11. The van der Waals surface area contributed by atoms with Crippen LogP contribution in [-0.4, -0.2) is 16.5 Å². The van der Waals surface area contributed by atoms with Gasteiger partial charge in [-0.15, -0.1) is 0 Å². The molecule has 0 aliphatic rings. The molecule has 2 rings (SSSR count). The number of nitrogens with one attached hydrogen (secondary N) is 2. The number of rotatable bonds is 5. The van der Waals surface area contributed by atoms with Gasteiger partial charge in [0.25, 0.3) is 0 Å². The molecule has 0 saturated heterocycles. The molecule has 0 amide bonds. The van der Waals surface area contributed by atoms with Gasteiger partial charge in [-0.2, -0.15) is 9.97 Å². The van der Waals surface area contributed by atoms with Gasteiger partial charge >= 0.3 is 0 Å². The van der Waals surface area contributed by atoms with Crippen LogP contribution in [0.25, 0.3) is 0 Å². The van der Waals surface area contributed by atoms with E-state index in [1.54, 1.807) is 18.2 Å². The van der Waals surface area contributed by atoms with Crippen LogP contribution in [0.15, 0.2) is 28.7 Å². The first kappa shape index (κ1) is 14.5. The summed E-state index contributed by atoms with van der Waals surface area (Å²) in [5.74, 6) is 0.963. The van der Waals surface area contributed by atoms with Crippen LogP contribution in [0, 0.1) is 5.82 Å². The van der Waals surface area contributed by atoms with Crippen molar-refractivity contribution in [3.05, 3.63) is 34.6 Å². The van der Waals surface area contributed by atoms with Crippen molar-refractivity contribution in [1.82, 2.24) is 9.97 Å². The molecule has 1 heterocycles. The Bertz CT molecular complexity index is 605. The molecule has 0 aliphatic heterocycles. The standard InChI is InChI=1S/C13H15BrFN5/c1-2-5-17-11-7-12(20-13(16)19-11)18-8-3-4-9(14)10(15)6-8/h3-4,6-7H,2,5H2,1H3,(H4,16,17,18,19,20). The fourth-order valence-electron chi connectivity index (χ4n) is 1.60. The van der Waals surface area contributed by atoms with Crippen LogP contribution in [-0.2, 0) is 0 Å². The van der Waals surface area contributed by atoms with Gasteiger partial charge in [0.2, 0.25) is 5.95 Å². The zero-order valence-corrected chi connectivity index (χ0v) is 12.5. The lowest BCUT2D eigenvalue weighted by Gasteiger charge is -2.09. The number of anilines is 4. The van der Waals surface area contributed by atoms with Crippen LogP contribution in [0.4, 0.5) is 27.7 Å². The van der Waals surface area contributed by atoms with Crippen molar-refractivity contribution in [2.75, 3.05) is 22.9 Å². The number of nitrogen functional groups attached to an aromatic ring is 1. The van der Waals surface area contributed by atoms with Gasteiger partial charge < -0.3 is 16.4 Å². The minimum Gasteiger partial charge on any atom is -0.370 e. The van der Waals surface area contributed by atoms with Gasteiger partial charge in [0.05, 0.1) is 4.47 Å². The van der Waals surface area contributed by atoms with Crippen LogP contribution in [0.1, 0.15) is 13.3 Å². The first-order valence-electron chi connectivity index (χ1n) is 6.19. The van der Waals surface area contributed by atoms with E-state index in [-0.39, 0.29) is 11.8 Å². The summed E-state index contributed by atoms with van der Waals surface area (Å²) in [6.07, 6.45) is 0.977. The summed E-state index contributed by atoms with van der Waals surface area (Å²) in [7, 11) is 0. The van der Waals surface area contributed by atoms with Crippen molar-refractivity contribution in [2.45, 2.75) is 13.3 Å². The molecule has 0 unspecified atom stereocenters. The third-order valence-electron chi connectivity index (χ3n) is 2.49. The lowest BCUT2D eigenvalue weighted by Crippen LogP contribution is -2.06. The van der Waals surface area contributed by atoms with Crippen molar-refractivity contribution >= 4 is 39.2 Å². The normalized spacial score (nSPS) is 10.3. The van der Waals surface area contributed by atoms with Gasteiger partial charge in [-0.05, 0) is 40.5 Å². The highest BCUT2D eigenvalue weighted by Crippen LogP contribution is 2.23. The van der Waals surface area contributed by atoms with Crippen LogP contribution in [0.3, 0.4) is 0 Å². The highest BCUT2D eigenvalue weighted by molar-refractivity contribution is 9.10. The van der Waals surface area contributed by atoms with Gasteiger partial charge in [0.15, 0.2) is 0 Å². The Hall–Kier alpha value is -1.89. The summed E-state index contributed by atoms with van der Waals surface area (Å²) in [6.45, 7) is 2.85. The molecule has 0 bridgehead atoms. The van der Waals surface area contributed by atoms with Crippen molar-refractivity contribution in [3.63, 3.8) is 0 Å². The fraction of sp³-hybridized carbons (Fsp3) is 0.231. The Kier molecular flexibility index (Phi) is 4.73. The lowest BCUT2D eigenvalue weighted by atomic mass is 10.3. The van der Waals surface area contributed by atoms with Crippen molar-refractivity contribution < 1.29 is 4.39 Å². The molecule has 4 N–H and O–H groups in total. The highest BCUT2D eigenvalue weighted by atomic mass is 79.9. The zero-order chi connectivity index (χ0) is 14.5. The monoisotopic (exact) mass is 339 g/mol. The maximum absolute atomic E-state index is 13.5. The Morgan fingerprint density at radius 1 is 1.25 bits per heavy atom. The lowest BCUT2D eigenvalue weighted by molar-refractivity contribution is 0.622. The van der Waals surface area contributed by atoms with Gasteiger partial charge in [-0.3, -0.25) is 0 Å². The number of hydrogen-bond acceptors (Lipinski definition) is 5. The van der Waals surface area contributed by atoms with E-state index in [4.69, 9.17) is 5.73 Å². The number of nitrogens with zero attached hydrogens (tertiary/aromatic N) is 2. The first-order valence-corrected chi connectivity index (χ1v) is 6.98. The molecule has 106 valence electrons. The molecule has 1 aromatic heterocycles. The predicted molar refractivity (Wildman–Crippen MR) is 82.6 cm³/mol. The Morgan fingerprint density at radius 3 is 2.70 bits per heavy atom. The molecule has 20 heavy (non-hydrogen) atoms. The maximum atomic E-state index is 13.5. The number of halogens is 2. The molecular weight excluding hydrogens is 325 g/mol. The third-order valence-corrected chi connectivity index (χ3v) is 3.13. The molecule has 5 nitrogen and oxygen atoms in total. The molecule has 7 heteroatoms. The van der Waals surface area contributed by atoms with E-state index in [0.717, 1.165) is 13.0 Å². The smallest absolute Gasteiger partial charge is 0.223 e. The second-order valence-electron chi connectivity index (χ2n) is 4.18. The summed E-state index contributed by atoms with van der Waals surface area (Å²) in [5.41, 5.74) is 6.24. The summed E-state index contributed by atoms with van der Waals surface area (Å²) in [5, 5.41) is 6.13. The fourth-order valence-corrected chi connectivity index (χ4v) is 1.84. The Labute approximate surface area is 124 Å². The van der Waals surface area contributed by atoms with E-state index in [1.807, 2.05) is 0 Å². The van der Waals surface area contributed by atoms with Crippen LogP contribution < -0.4 is 16.4 Å². The van der Waals surface area contributed by atoms with Crippen molar-refractivity contribution in [1.29, 1.82) is 0 Å². The van der Waals surface area contributed by atoms with E-state index >= 15 is 0 Å². The van der Waals surface area contributed by atoms with E-state index in [9.17, 15) is 4.39 Å². The molecule has 0 aliphatic carbocycles. The van der Waals surface area contributed by atoms with E-state index < -0.39 is 0 Å². The van der Waals surface area contributed by atoms with Crippen molar-refractivity contribution in [3.8, 4) is 0 Å². The quantitative estimate of drug-likeness (QED) is 0.776. The average molecular weight is 340 g/mol. The zero-order valence-electron chi connectivity index (χ0n) is 11.0. The topological polar surface area (TPSA) is 75.9 Å².